The van der Waals surface area contributed by atoms with Crippen molar-refractivity contribution in [1.82, 2.24) is 5.32 Å². The van der Waals surface area contributed by atoms with Crippen LogP contribution in [0.2, 0.25) is 0 Å². The van der Waals surface area contributed by atoms with Gasteiger partial charge in [-0.1, -0.05) is 31.4 Å². The van der Waals surface area contributed by atoms with E-state index in [0.29, 0.717) is 23.9 Å². The molecule has 0 heterocycles. The highest BCUT2D eigenvalue weighted by Crippen LogP contribution is 2.58. The number of nitrogens with two attached hydrogens (primary N) is 1. The van der Waals surface area contributed by atoms with Gasteiger partial charge in [0.2, 0.25) is 5.91 Å². The fourth-order valence-corrected chi connectivity index (χ4v) is 5.76. The molecule has 0 atom stereocenters. The maximum absolute atomic E-state index is 13.1. The summed E-state index contributed by atoms with van der Waals surface area (Å²) in [6, 6.07) is 8.65. The van der Waals surface area contributed by atoms with Gasteiger partial charge in [-0.2, -0.15) is 0 Å². The monoisotopic (exact) mass is 414 g/mol. The first-order valence-electron chi connectivity index (χ1n) is 11.6. The van der Waals surface area contributed by atoms with Crippen LogP contribution >= 0.6 is 0 Å². The second-order valence-corrected chi connectivity index (χ2v) is 9.65. The van der Waals surface area contributed by atoms with E-state index in [1.54, 1.807) is 0 Å². The molecule has 164 valence electrons. The van der Waals surface area contributed by atoms with Crippen molar-refractivity contribution in [1.29, 1.82) is 0 Å². The van der Waals surface area contributed by atoms with E-state index in [9.17, 15) is 9.18 Å². The highest BCUT2D eigenvalue weighted by Gasteiger charge is 2.53. The normalized spacial score (nSPS) is 29.6. The van der Waals surface area contributed by atoms with Gasteiger partial charge in [-0.15, -0.1) is 0 Å². The summed E-state index contributed by atoms with van der Waals surface area (Å²) >= 11 is 0. The molecule has 0 unspecified atom stereocenters. The van der Waals surface area contributed by atoms with Crippen molar-refractivity contribution < 1.29 is 13.9 Å². The number of hydrogen-bond donors (Lipinski definition) is 2. The number of hydrogen-bond acceptors (Lipinski definition) is 3. The van der Waals surface area contributed by atoms with Crippen LogP contribution in [-0.4, -0.2) is 25.1 Å². The minimum Gasteiger partial charge on any atom is -0.489 e. The SMILES string of the molecule is NC/C(=C\F)COc1ccc(C23CCC(C(=O)NC4CCCCC4)(CC2)CC3)cc1. The van der Waals surface area contributed by atoms with E-state index < -0.39 is 0 Å². The summed E-state index contributed by atoms with van der Waals surface area (Å²) < 4.78 is 18.3. The largest absolute Gasteiger partial charge is 0.489 e. The third-order valence-corrected chi connectivity index (χ3v) is 7.98. The fraction of sp³-hybridized carbons (Fsp3) is 0.640. The van der Waals surface area contributed by atoms with Crippen LogP contribution in [0.25, 0.3) is 0 Å². The number of ether oxygens (including phenoxy) is 1. The molecule has 1 aromatic carbocycles. The molecule has 5 rings (SSSR count). The molecule has 0 aromatic heterocycles. The Morgan fingerprint density at radius 1 is 1.07 bits per heavy atom. The molecule has 0 spiro atoms. The first-order valence-corrected chi connectivity index (χ1v) is 11.6. The lowest BCUT2D eigenvalue weighted by Crippen LogP contribution is -2.53. The molecule has 0 radical (unpaired) electrons. The molecule has 1 aromatic rings. The molecule has 5 heteroatoms. The third kappa shape index (κ3) is 4.27. The molecule has 0 saturated heterocycles. The maximum atomic E-state index is 13.1. The summed E-state index contributed by atoms with van der Waals surface area (Å²) in [6.45, 7) is 0.337. The number of carbonyl (C=O) groups excluding carboxylic acids is 1. The second-order valence-electron chi connectivity index (χ2n) is 9.65. The van der Waals surface area contributed by atoms with Crippen molar-refractivity contribution in [3.63, 3.8) is 0 Å². The Morgan fingerprint density at radius 3 is 2.27 bits per heavy atom. The van der Waals surface area contributed by atoms with E-state index in [1.807, 2.05) is 12.1 Å². The van der Waals surface area contributed by atoms with Gasteiger partial charge in [-0.25, -0.2) is 4.39 Å². The highest BCUT2D eigenvalue weighted by molar-refractivity contribution is 5.83. The van der Waals surface area contributed by atoms with Gasteiger partial charge in [0.05, 0.1) is 6.33 Å². The lowest BCUT2D eigenvalue weighted by Gasteiger charge is -2.53. The van der Waals surface area contributed by atoms with E-state index in [0.717, 1.165) is 57.1 Å². The number of benzene rings is 1. The van der Waals surface area contributed by atoms with Crippen LogP contribution in [-0.2, 0) is 10.2 Å². The number of rotatable bonds is 7. The molecule has 4 fully saturated rings. The Balaban J connectivity index is 1.36. The molecule has 4 aliphatic carbocycles. The molecule has 2 bridgehead atoms. The van der Waals surface area contributed by atoms with Gasteiger partial charge in [-0.3, -0.25) is 4.79 Å². The number of carbonyl (C=O) groups is 1. The van der Waals surface area contributed by atoms with Gasteiger partial charge in [0.25, 0.3) is 0 Å². The van der Waals surface area contributed by atoms with Crippen molar-refractivity contribution in [3.8, 4) is 5.75 Å². The van der Waals surface area contributed by atoms with Gasteiger partial charge < -0.3 is 15.8 Å². The predicted octanol–water partition coefficient (Wildman–Crippen LogP) is 4.92. The third-order valence-electron chi connectivity index (χ3n) is 7.98. The summed E-state index contributed by atoms with van der Waals surface area (Å²) in [7, 11) is 0. The molecule has 0 aliphatic heterocycles. The summed E-state index contributed by atoms with van der Waals surface area (Å²) in [5.41, 5.74) is 7.31. The Hall–Kier alpha value is -1.88. The predicted molar refractivity (Wildman–Crippen MR) is 117 cm³/mol. The first-order chi connectivity index (χ1) is 14.6. The lowest BCUT2D eigenvalue weighted by atomic mass is 9.51. The summed E-state index contributed by atoms with van der Waals surface area (Å²) in [6.07, 6.45) is 12.8. The van der Waals surface area contributed by atoms with Crippen molar-refractivity contribution >= 4 is 5.91 Å². The van der Waals surface area contributed by atoms with Gasteiger partial charge in [-0.05, 0) is 74.5 Å². The minimum atomic E-state index is -0.139. The fourth-order valence-electron chi connectivity index (χ4n) is 5.76. The molecular formula is C25H35FN2O2. The molecule has 30 heavy (non-hydrogen) atoms. The first kappa shape index (κ1) is 21.4. The Labute approximate surface area is 179 Å². The summed E-state index contributed by atoms with van der Waals surface area (Å²) in [4.78, 5) is 13.1. The van der Waals surface area contributed by atoms with Crippen LogP contribution in [0.15, 0.2) is 36.2 Å². The molecule has 1 amide bonds. The molecule has 4 saturated carbocycles. The van der Waals surface area contributed by atoms with Gasteiger partial charge in [0.1, 0.15) is 12.4 Å². The van der Waals surface area contributed by atoms with Crippen LogP contribution in [0.5, 0.6) is 5.75 Å². The smallest absolute Gasteiger partial charge is 0.226 e. The highest BCUT2D eigenvalue weighted by atomic mass is 19.1. The van der Waals surface area contributed by atoms with Crippen LogP contribution in [0.3, 0.4) is 0 Å². The van der Waals surface area contributed by atoms with E-state index >= 15 is 0 Å². The zero-order valence-corrected chi connectivity index (χ0v) is 17.9. The van der Waals surface area contributed by atoms with Crippen LogP contribution in [0.1, 0.15) is 76.2 Å². The van der Waals surface area contributed by atoms with E-state index in [1.165, 1.54) is 24.8 Å². The standard InChI is InChI=1S/C25H35FN2O2/c26-16-19(17-27)18-30-22-8-6-20(7-9-22)24-10-13-25(14-11-24,15-12-24)23(29)28-21-4-2-1-3-5-21/h6-9,16,21H,1-5,10-15,17-18,27H2,(H,28,29)/b19-16+. The summed E-state index contributed by atoms with van der Waals surface area (Å²) in [5, 5.41) is 3.40. The summed E-state index contributed by atoms with van der Waals surface area (Å²) in [5.74, 6) is 1.05. The van der Waals surface area contributed by atoms with Crippen molar-refractivity contribution in [2.24, 2.45) is 11.1 Å². The van der Waals surface area contributed by atoms with Gasteiger partial charge in [0, 0.05) is 23.6 Å². The molecule has 4 nitrogen and oxygen atoms in total. The van der Waals surface area contributed by atoms with Crippen LogP contribution in [0, 0.1) is 5.41 Å². The van der Waals surface area contributed by atoms with E-state index in [4.69, 9.17) is 10.5 Å². The number of amides is 1. The Bertz CT molecular complexity index is 743. The Kier molecular flexibility index (Phi) is 6.47. The number of fused-ring (bicyclic) bond motifs is 3. The topological polar surface area (TPSA) is 64.3 Å². The zero-order chi connectivity index (χ0) is 21.0. The second kappa shape index (κ2) is 9.09. The Morgan fingerprint density at radius 2 is 1.70 bits per heavy atom. The quantitative estimate of drug-likeness (QED) is 0.666. The molecule has 3 N–H and O–H groups in total. The van der Waals surface area contributed by atoms with Crippen molar-refractivity contribution in [3.05, 3.63) is 41.7 Å². The molecule has 4 aliphatic rings. The van der Waals surface area contributed by atoms with Crippen LogP contribution < -0.4 is 15.8 Å². The molecular weight excluding hydrogens is 379 g/mol. The maximum Gasteiger partial charge on any atom is 0.226 e. The zero-order valence-electron chi connectivity index (χ0n) is 17.9. The number of nitrogens with one attached hydrogen (secondary N) is 1. The van der Waals surface area contributed by atoms with Crippen molar-refractivity contribution in [2.75, 3.05) is 13.2 Å². The average Bonchev–Trinajstić information content (AvgIpc) is 2.82. The number of halogens is 1. The minimum absolute atomic E-state index is 0.139. The van der Waals surface area contributed by atoms with Crippen molar-refractivity contribution in [2.45, 2.75) is 82.1 Å². The van der Waals surface area contributed by atoms with Crippen LogP contribution in [0.4, 0.5) is 4.39 Å². The average molecular weight is 415 g/mol. The van der Waals surface area contributed by atoms with E-state index in [-0.39, 0.29) is 24.0 Å². The van der Waals surface area contributed by atoms with Gasteiger partial charge in [0.15, 0.2) is 0 Å². The lowest BCUT2D eigenvalue weighted by molar-refractivity contribution is -0.138. The van der Waals surface area contributed by atoms with E-state index in [2.05, 4.69) is 17.4 Å². The van der Waals surface area contributed by atoms with Gasteiger partial charge >= 0.3 is 0 Å².